The molecule has 4 heteroatoms. The maximum absolute atomic E-state index is 11.4. The number of rotatable bonds is 3. The molecule has 1 atom stereocenters. The molecule has 0 aliphatic carbocycles. The molecule has 1 unspecified atom stereocenters. The van der Waals surface area contributed by atoms with Crippen LogP contribution in [0.5, 0.6) is 0 Å². The zero-order valence-electron chi connectivity index (χ0n) is 9.29. The van der Waals surface area contributed by atoms with Gasteiger partial charge in [-0.1, -0.05) is 30.0 Å². The van der Waals surface area contributed by atoms with Gasteiger partial charge in [0.15, 0.2) is 0 Å². The zero-order valence-corrected chi connectivity index (χ0v) is 11.8. The molecule has 1 nitrogen and oxygen atoms in total. The van der Waals surface area contributed by atoms with Crippen LogP contribution in [-0.4, -0.2) is 10.5 Å². The number of thiol groups is 1. The third-order valence-electron chi connectivity index (χ3n) is 2.23. The molecule has 2 aromatic rings. The summed E-state index contributed by atoms with van der Waals surface area (Å²) < 4.78 is 11.4. The summed E-state index contributed by atoms with van der Waals surface area (Å²) >= 11 is 6.06. The van der Waals surface area contributed by atoms with Crippen molar-refractivity contribution < 1.29 is 4.21 Å². The number of benzene rings is 2. The lowest BCUT2D eigenvalue weighted by molar-refractivity contribution is 0.686. The van der Waals surface area contributed by atoms with Crippen molar-refractivity contribution in [3.8, 4) is 0 Å². The third-order valence-corrected chi connectivity index (χ3v) is 4.76. The van der Waals surface area contributed by atoms with E-state index >= 15 is 0 Å². The second kappa shape index (κ2) is 5.76. The van der Waals surface area contributed by atoms with Crippen LogP contribution in [0.3, 0.4) is 0 Å². The molecule has 0 radical (unpaired) electrons. The van der Waals surface area contributed by atoms with Gasteiger partial charge in [0.2, 0.25) is 0 Å². The van der Waals surface area contributed by atoms with Crippen LogP contribution in [0, 0.1) is 0 Å². The normalized spacial score (nSPS) is 12.4. The highest BCUT2D eigenvalue weighted by Crippen LogP contribution is 2.33. The van der Waals surface area contributed by atoms with Crippen LogP contribution >= 0.6 is 24.4 Å². The Morgan fingerprint density at radius 2 is 1.82 bits per heavy atom. The largest absolute Gasteiger partial charge is 0.255 e. The standard InChI is InChI=1S/C13H12OS3/c1-17(14)11-7-8-12(15)13(9-11)16-10-5-3-2-4-6-10/h2-9,15H,1H3. The Kier molecular flexibility index (Phi) is 4.31. The summed E-state index contributed by atoms with van der Waals surface area (Å²) in [5.41, 5.74) is 0. The molecular weight excluding hydrogens is 268 g/mol. The van der Waals surface area contributed by atoms with E-state index in [0.717, 1.165) is 19.6 Å². The van der Waals surface area contributed by atoms with Crippen LogP contribution in [-0.2, 0) is 10.8 Å². The third kappa shape index (κ3) is 3.37. The van der Waals surface area contributed by atoms with Crippen LogP contribution in [0.2, 0.25) is 0 Å². The molecule has 0 spiro atoms. The second-order valence-corrected chi connectivity index (χ2v) is 6.48. The van der Waals surface area contributed by atoms with Gasteiger partial charge in [0, 0.05) is 36.6 Å². The predicted molar refractivity (Wildman–Crippen MR) is 76.6 cm³/mol. The molecule has 2 rings (SSSR count). The van der Waals surface area contributed by atoms with Gasteiger partial charge < -0.3 is 0 Å². The van der Waals surface area contributed by atoms with Crippen LogP contribution in [0.25, 0.3) is 0 Å². The van der Waals surface area contributed by atoms with Crippen molar-refractivity contribution in [2.75, 3.05) is 6.26 Å². The molecule has 2 aromatic carbocycles. The van der Waals surface area contributed by atoms with Crippen LogP contribution in [0.4, 0.5) is 0 Å². The van der Waals surface area contributed by atoms with E-state index in [1.54, 1.807) is 18.0 Å². The first-order valence-electron chi connectivity index (χ1n) is 5.06. The highest BCUT2D eigenvalue weighted by atomic mass is 32.2. The van der Waals surface area contributed by atoms with Crippen molar-refractivity contribution in [2.45, 2.75) is 19.6 Å². The van der Waals surface area contributed by atoms with Gasteiger partial charge in [-0.05, 0) is 30.3 Å². The molecule has 0 aliphatic heterocycles. The van der Waals surface area contributed by atoms with E-state index in [1.807, 2.05) is 48.5 Å². The minimum Gasteiger partial charge on any atom is -0.255 e. The van der Waals surface area contributed by atoms with E-state index in [-0.39, 0.29) is 0 Å². The first-order valence-corrected chi connectivity index (χ1v) is 7.88. The number of hydrogen-bond acceptors (Lipinski definition) is 3. The Labute approximate surface area is 114 Å². The first-order chi connectivity index (χ1) is 8.16. The Morgan fingerprint density at radius 3 is 2.47 bits per heavy atom. The second-order valence-electron chi connectivity index (χ2n) is 3.50. The van der Waals surface area contributed by atoms with Crippen molar-refractivity contribution in [1.29, 1.82) is 0 Å². The van der Waals surface area contributed by atoms with E-state index < -0.39 is 10.8 Å². The molecule has 17 heavy (non-hydrogen) atoms. The average molecular weight is 280 g/mol. The van der Waals surface area contributed by atoms with E-state index in [4.69, 9.17) is 0 Å². The van der Waals surface area contributed by atoms with Gasteiger partial charge in [-0.3, -0.25) is 4.21 Å². The highest BCUT2D eigenvalue weighted by molar-refractivity contribution is 7.99. The van der Waals surface area contributed by atoms with Crippen molar-refractivity contribution in [2.24, 2.45) is 0 Å². The van der Waals surface area contributed by atoms with Crippen molar-refractivity contribution in [3.05, 3.63) is 48.5 Å². The average Bonchev–Trinajstić information content (AvgIpc) is 2.33. The lowest BCUT2D eigenvalue weighted by Crippen LogP contribution is -1.88. The first kappa shape index (κ1) is 12.7. The predicted octanol–water partition coefficient (Wildman–Crippen LogP) is 3.86. The summed E-state index contributed by atoms with van der Waals surface area (Å²) in [6.45, 7) is 0. The van der Waals surface area contributed by atoms with Gasteiger partial charge >= 0.3 is 0 Å². The SMILES string of the molecule is CS(=O)c1ccc(S)c(Sc2ccccc2)c1. The summed E-state index contributed by atoms with van der Waals surface area (Å²) in [6.07, 6.45) is 1.69. The summed E-state index contributed by atoms with van der Waals surface area (Å²) in [6, 6.07) is 15.8. The molecular formula is C13H12OS3. The van der Waals surface area contributed by atoms with E-state index in [1.165, 1.54) is 0 Å². The molecule has 0 N–H and O–H groups in total. The van der Waals surface area contributed by atoms with Gasteiger partial charge in [-0.2, -0.15) is 0 Å². The molecule has 88 valence electrons. The van der Waals surface area contributed by atoms with Gasteiger partial charge in [0.25, 0.3) is 0 Å². The molecule has 0 saturated heterocycles. The minimum absolute atomic E-state index is 0.834. The highest BCUT2D eigenvalue weighted by Gasteiger charge is 2.05. The fourth-order valence-electron chi connectivity index (χ4n) is 1.37. The fraction of sp³-hybridized carbons (Fsp3) is 0.0769. The van der Waals surface area contributed by atoms with Gasteiger partial charge in [-0.15, -0.1) is 12.6 Å². The quantitative estimate of drug-likeness (QED) is 0.860. The fourth-order valence-corrected chi connectivity index (χ4v) is 3.17. The Morgan fingerprint density at radius 1 is 1.12 bits per heavy atom. The Bertz CT molecular complexity index is 538. The summed E-state index contributed by atoms with van der Waals surface area (Å²) in [5.74, 6) is 0. The lowest BCUT2D eigenvalue weighted by atomic mass is 10.4. The van der Waals surface area contributed by atoms with E-state index in [2.05, 4.69) is 12.6 Å². The molecule has 0 amide bonds. The zero-order chi connectivity index (χ0) is 12.3. The maximum Gasteiger partial charge on any atom is 0.0498 e. The van der Waals surface area contributed by atoms with Crippen molar-refractivity contribution >= 4 is 35.2 Å². The topological polar surface area (TPSA) is 17.1 Å². The van der Waals surface area contributed by atoms with Crippen LogP contribution < -0.4 is 0 Å². The Balaban J connectivity index is 2.32. The van der Waals surface area contributed by atoms with Crippen LogP contribution in [0.15, 0.2) is 68.1 Å². The van der Waals surface area contributed by atoms with Gasteiger partial charge in [-0.25, -0.2) is 0 Å². The molecule has 0 saturated carbocycles. The molecule has 0 aromatic heterocycles. The maximum atomic E-state index is 11.4. The van der Waals surface area contributed by atoms with Crippen molar-refractivity contribution in [1.82, 2.24) is 0 Å². The summed E-state index contributed by atoms with van der Waals surface area (Å²) in [4.78, 5) is 3.93. The molecule has 0 heterocycles. The monoisotopic (exact) mass is 280 g/mol. The van der Waals surface area contributed by atoms with Gasteiger partial charge in [0.1, 0.15) is 0 Å². The molecule has 0 fully saturated rings. The molecule has 0 bridgehead atoms. The summed E-state index contributed by atoms with van der Waals surface area (Å²) in [7, 11) is -0.953. The van der Waals surface area contributed by atoms with Crippen molar-refractivity contribution in [3.63, 3.8) is 0 Å². The van der Waals surface area contributed by atoms with E-state index in [0.29, 0.717) is 0 Å². The van der Waals surface area contributed by atoms with Crippen LogP contribution in [0.1, 0.15) is 0 Å². The Hall–Kier alpha value is -0.710. The lowest BCUT2D eigenvalue weighted by Gasteiger charge is -2.06. The smallest absolute Gasteiger partial charge is 0.0498 e. The number of hydrogen-bond donors (Lipinski definition) is 1. The van der Waals surface area contributed by atoms with E-state index in [9.17, 15) is 4.21 Å². The summed E-state index contributed by atoms with van der Waals surface area (Å²) in [5, 5.41) is 0. The molecule has 0 aliphatic rings. The van der Waals surface area contributed by atoms with Gasteiger partial charge in [0.05, 0.1) is 0 Å². The minimum atomic E-state index is -0.953.